The van der Waals surface area contributed by atoms with Crippen LogP contribution >= 0.6 is 15.9 Å². The molecular formula is C12H13BrFN3O3. The molecule has 108 valence electrons. The van der Waals surface area contributed by atoms with Gasteiger partial charge in [0.15, 0.2) is 0 Å². The van der Waals surface area contributed by atoms with Crippen molar-refractivity contribution in [1.29, 1.82) is 0 Å². The maximum Gasteiger partial charge on any atom is 0.295 e. The molecule has 4 atom stereocenters. The summed E-state index contributed by atoms with van der Waals surface area (Å²) < 4.78 is 19.1. The molecule has 3 N–H and O–H groups in total. The summed E-state index contributed by atoms with van der Waals surface area (Å²) in [6.07, 6.45) is 0.896. The molecule has 1 aliphatic heterocycles. The summed E-state index contributed by atoms with van der Waals surface area (Å²) in [5.41, 5.74) is 5.99. The maximum absolute atomic E-state index is 13.4. The standard InChI is InChI=1S/C12H13BrFN3O3/c13-6-3-8(9(17(18)19)4-7(6)14)16-11-10(15)5-1-2-20-12(5)11/h3-5,10-12,16H,1-2,15H2. The van der Waals surface area contributed by atoms with Gasteiger partial charge >= 0.3 is 0 Å². The first-order valence-electron chi connectivity index (χ1n) is 6.26. The van der Waals surface area contributed by atoms with E-state index in [2.05, 4.69) is 21.2 Å². The van der Waals surface area contributed by atoms with Crippen molar-refractivity contribution < 1.29 is 14.1 Å². The first-order chi connectivity index (χ1) is 9.49. The molecule has 0 spiro atoms. The first-order valence-corrected chi connectivity index (χ1v) is 7.05. The third kappa shape index (κ3) is 2.07. The van der Waals surface area contributed by atoms with Gasteiger partial charge in [-0.3, -0.25) is 10.1 Å². The third-order valence-electron chi connectivity index (χ3n) is 4.00. The molecule has 0 aromatic heterocycles. The van der Waals surface area contributed by atoms with E-state index >= 15 is 0 Å². The van der Waals surface area contributed by atoms with Crippen LogP contribution in [0.5, 0.6) is 0 Å². The Balaban J connectivity index is 1.87. The van der Waals surface area contributed by atoms with Gasteiger partial charge in [0.2, 0.25) is 0 Å². The molecule has 2 fully saturated rings. The SMILES string of the molecule is NC1C2CCOC2C1Nc1cc(Br)c(F)cc1[N+](=O)[O-]. The number of nitrogens with two attached hydrogens (primary N) is 1. The van der Waals surface area contributed by atoms with Gasteiger partial charge in [-0.2, -0.15) is 0 Å². The van der Waals surface area contributed by atoms with E-state index in [1.54, 1.807) is 0 Å². The van der Waals surface area contributed by atoms with Crippen molar-refractivity contribution in [3.63, 3.8) is 0 Å². The van der Waals surface area contributed by atoms with E-state index in [9.17, 15) is 14.5 Å². The number of hydrogen-bond acceptors (Lipinski definition) is 5. The number of benzene rings is 1. The van der Waals surface area contributed by atoms with Crippen LogP contribution in [0.15, 0.2) is 16.6 Å². The molecule has 1 aromatic carbocycles. The number of halogens is 2. The zero-order valence-corrected chi connectivity index (χ0v) is 12.0. The fourth-order valence-electron chi connectivity index (χ4n) is 2.91. The Morgan fingerprint density at radius 3 is 3.00 bits per heavy atom. The molecule has 3 rings (SSSR count). The lowest BCUT2D eigenvalue weighted by Gasteiger charge is -2.46. The molecule has 6 nitrogen and oxygen atoms in total. The second-order valence-corrected chi connectivity index (χ2v) is 5.93. The van der Waals surface area contributed by atoms with Crippen molar-refractivity contribution in [2.45, 2.75) is 24.6 Å². The number of hydrogen-bond donors (Lipinski definition) is 2. The summed E-state index contributed by atoms with van der Waals surface area (Å²) >= 11 is 3.03. The lowest BCUT2D eigenvalue weighted by atomic mass is 9.72. The highest BCUT2D eigenvalue weighted by Gasteiger charge is 2.52. The Labute approximate surface area is 122 Å². The van der Waals surface area contributed by atoms with E-state index in [0.29, 0.717) is 12.5 Å². The number of nitrogens with one attached hydrogen (secondary N) is 1. The lowest BCUT2D eigenvalue weighted by Crippen LogP contribution is -2.65. The normalized spacial score (nSPS) is 31.6. The molecule has 1 aromatic rings. The molecule has 1 aliphatic carbocycles. The Morgan fingerprint density at radius 2 is 2.30 bits per heavy atom. The number of fused-ring (bicyclic) bond motifs is 1. The number of ether oxygens (including phenoxy) is 1. The van der Waals surface area contributed by atoms with E-state index in [1.165, 1.54) is 6.07 Å². The zero-order chi connectivity index (χ0) is 14.4. The molecule has 1 saturated heterocycles. The van der Waals surface area contributed by atoms with Crippen LogP contribution < -0.4 is 11.1 Å². The van der Waals surface area contributed by atoms with Gasteiger partial charge in [0.25, 0.3) is 5.69 Å². The molecule has 2 aliphatic rings. The minimum Gasteiger partial charge on any atom is -0.376 e. The van der Waals surface area contributed by atoms with Crippen LogP contribution in [0, 0.1) is 21.8 Å². The van der Waals surface area contributed by atoms with Gasteiger partial charge in [0.05, 0.1) is 27.6 Å². The van der Waals surface area contributed by atoms with Gasteiger partial charge in [-0.05, 0) is 28.4 Å². The molecule has 0 amide bonds. The Hall–Kier alpha value is -1.25. The fourth-order valence-corrected chi connectivity index (χ4v) is 3.25. The monoisotopic (exact) mass is 345 g/mol. The van der Waals surface area contributed by atoms with Crippen molar-refractivity contribution in [1.82, 2.24) is 0 Å². The van der Waals surface area contributed by atoms with E-state index in [4.69, 9.17) is 10.5 Å². The summed E-state index contributed by atoms with van der Waals surface area (Å²) in [6, 6.07) is 1.97. The highest BCUT2D eigenvalue weighted by molar-refractivity contribution is 9.10. The van der Waals surface area contributed by atoms with Crippen LogP contribution in [0.1, 0.15) is 6.42 Å². The molecule has 1 saturated carbocycles. The van der Waals surface area contributed by atoms with Crippen molar-refractivity contribution in [2.75, 3.05) is 11.9 Å². The van der Waals surface area contributed by atoms with E-state index in [-0.39, 0.29) is 34.0 Å². The molecule has 8 heteroatoms. The van der Waals surface area contributed by atoms with Crippen molar-refractivity contribution in [2.24, 2.45) is 11.7 Å². The van der Waals surface area contributed by atoms with Gasteiger partial charge in [-0.15, -0.1) is 0 Å². The molecule has 0 radical (unpaired) electrons. The Bertz CT molecular complexity index is 571. The summed E-state index contributed by atoms with van der Waals surface area (Å²) in [5.74, 6) is -0.370. The van der Waals surface area contributed by atoms with Crippen LogP contribution in [-0.2, 0) is 4.74 Å². The summed E-state index contributed by atoms with van der Waals surface area (Å²) in [5, 5.41) is 14.0. The van der Waals surface area contributed by atoms with Crippen LogP contribution in [0.25, 0.3) is 0 Å². The average Bonchev–Trinajstić information content (AvgIpc) is 2.83. The molecular weight excluding hydrogens is 333 g/mol. The van der Waals surface area contributed by atoms with Crippen LogP contribution in [0.2, 0.25) is 0 Å². The van der Waals surface area contributed by atoms with Gasteiger partial charge in [-0.1, -0.05) is 0 Å². The summed E-state index contributed by atoms with van der Waals surface area (Å²) in [6.45, 7) is 0.663. The quantitative estimate of drug-likeness (QED) is 0.646. The van der Waals surface area contributed by atoms with Crippen molar-refractivity contribution in [3.05, 3.63) is 32.5 Å². The second-order valence-electron chi connectivity index (χ2n) is 5.08. The van der Waals surface area contributed by atoms with E-state index in [1.807, 2.05) is 0 Å². The second kappa shape index (κ2) is 4.94. The number of rotatable bonds is 3. The number of nitrogens with zero attached hydrogens (tertiary/aromatic N) is 1. The predicted molar refractivity (Wildman–Crippen MR) is 74.0 cm³/mol. The largest absolute Gasteiger partial charge is 0.376 e. The average molecular weight is 346 g/mol. The van der Waals surface area contributed by atoms with Crippen LogP contribution in [-0.4, -0.2) is 29.7 Å². The Morgan fingerprint density at radius 1 is 1.55 bits per heavy atom. The van der Waals surface area contributed by atoms with Crippen LogP contribution in [0.4, 0.5) is 15.8 Å². The molecule has 1 heterocycles. The molecule has 0 bridgehead atoms. The van der Waals surface area contributed by atoms with Crippen molar-refractivity contribution >= 4 is 27.3 Å². The van der Waals surface area contributed by atoms with E-state index < -0.39 is 10.7 Å². The van der Waals surface area contributed by atoms with E-state index in [0.717, 1.165) is 12.5 Å². The highest BCUT2D eigenvalue weighted by atomic mass is 79.9. The lowest BCUT2D eigenvalue weighted by molar-refractivity contribution is -0.384. The van der Waals surface area contributed by atoms with Gasteiger partial charge in [0.1, 0.15) is 11.5 Å². The first kappa shape index (κ1) is 13.7. The Kier molecular flexibility index (Phi) is 3.39. The van der Waals surface area contributed by atoms with Crippen molar-refractivity contribution in [3.8, 4) is 0 Å². The maximum atomic E-state index is 13.4. The number of nitro benzene ring substituents is 1. The highest BCUT2D eigenvalue weighted by Crippen LogP contribution is 2.41. The minimum absolute atomic E-state index is 0.0200. The molecule has 20 heavy (non-hydrogen) atoms. The van der Waals surface area contributed by atoms with Crippen LogP contribution in [0.3, 0.4) is 0 Å². The van der Waals surface area contributed by atoms with Gasteiger partial charge in [-0.25, -0.2) is 4.39 Å². The zero-order valence-electron chi connectivity index (χ0n) is 10.4. The van der Waals surface area contributed by atoms with Gasteiger partial charge < -0.3 is 15.8 Å². The topological polar surface area (TPSA) is 90.4 Å². The summed E-state index contributed by atoms with van der Waals surface area (Å²) in [4.78, 5) is 10.4. The predicted octanol–water partition coefficient (Wildman–Crippen LogP) is 2.02. The number of anilines is 1. The fraction of sp³-hybridized carbons (Fsp3) is 0.500. The smallest absolute Gasteiger partial charge is 0.295 e. The molecule has 4 unspecified atom stereocenters. The number of nitro groups is 1. The van der Waals surface area contributed by atoms with Gasteiger partial charge in [0, 0.05) is 18.6 Å². The minimum atomic E-state index is -0.671. The third-order valence-corrected chi connectivity index (χ3v) is 4.61. The summed E-state index contributed by atoms with van der Waals surface area (Å²) in [7, 11) is 0.